The summed E-state index contributed by atoms with van der Waals surface area (Å²) in [5, 5.41) is 0. The van der Waals surface area contributed by atoms with E-state index in [0.29, 0.717) is 5.69 Å². The fourth-order valence-corrected chi connectivity index (χ4v) is 3.32. The minimum Gasteiger partial charge on any atom is -0.402 e. The molecule has 7 heteroatoms. The van der Waals surface area contributed by atoms with Crippen molar-refractivity contribution in [3.8, 4) is 0 Å². The molecular formula is C13H19BBr2N2O2. The molecule has 0 aliphatic carbocycles. The molecule has 0 amide bonds. The highest BCUT2D eigenvalue weighted by atomic mass is 79.9. The Morgan fingerprint density at radius 2 is 1.60 bits per heavy atom. The summed E-state index contributed by atoms with van der Waals surface area (Å²) in [6.45, 7) is 8.00. The molecule has 4 N–H and O–H groups in total. The van der Waals surface area contributed by atoms with Gasteiger partial charge in [-0.1, -0.05) is 15.9 Å². The summed E-state index contributed by atoms with van der Waals surface area (Å²) in [5.74, 6) is -0.454. The van der Waals surface area contributed by atoms with Crippen LogP contribution in [0.2, 0.25) is 0 Å². The molecule has 0 aromatic heterocycles. The van der Waals surface area contributed by atoms with Crippen molar-refractivity contribution >= 4 is 44.7 Å². The van der Waals surface area contributed by atoms with Crippen LogP contribution in [-0.4, -0.2) is 18.3 Å². The Morgan fingerprint density at radius 3 is 2.10 bits per heavy atom. The van der Waals surface area contributed by atoms with Gasteiger partial charge in [0.2, 0.25) is 0 Å². The van der Waals surface area contributed by atoms with E-state index in [1.807, 2.05) is 39.8 Å². The van der Waals surface area contributed by atoms with Crippen LogP contribution in [-0.2, 0) is 9.31 Å². The Bertz CT molecular complexity index is 521. The van der Waals surface area contributed by atoms with E-state index in [2.05, 4.69) is 31.9 Å². The zero-order valence-corrected chi connectivity index (χ0v) is 15.2. The summed E-state index contributed by atoms with van der Waals surface area (Å²) in [4.78, 5) is 0. The summed E-state index contributed by atoms with van der Waals surface area (Å²) in [6, 6.07) is 3.78. The maximum absolute atomic E-state index is 6.31. The van der Waals surface area contributed by atoms with E-state index in [4.69, 9.17) is 20.8 Å². The van der Waals surface area contributed by atoms with Crippen molar-refractivity contribution in [2.24, 2.45) is 5.73 Å². The molecule has 0 saturated carbocycles. The molecule has 1 aromatic rings. The van der Waals surface area contributed by atoms with Gasteiger partial charge in [0.1, 0.15) is 0 Å². The SMILES string of the molecule is CC1(C)OB([C@@H](N)c2cc(Br)cc(Br)c2N)OC1(C)C. The fraction of sp³-hybridized carbons (Fsp3) is 0.538. The Morgan fingerprint density at radius 1 is 1.10 bits per heavy atom. The first-order chi connectivity index (χ1) is 9.05. The third kappa shape index (κ3) is 2.79. The molecule has 4 nitrogen and oxygen atoms in total. The summed E-state index contributed by atoms with van der Waals surface area (Å²) in [6.07, 6.45) is 0. The Kier molecular flexibility index (Phi) is 4.31. The predicted molar refractivity (Wildman–Crippen MR) is 89.3 cm³/mol. The molecule has 1 saturated heterocycles. The third-order valence-corrected chi connectivity index (χ3v) is 5.16. The number of benzene rings is 1. The van der Waals surface area contributed by atoms with Crippen molar-refractivity contribution in [1.29, 1.82) is 0 Å². The van der Waals surface area contributed by atoms with E-state index in [-0.39, 0.29) is 0 Å². The van der Waals surface area contributed by atoms with Gasteiger partial charge in [-0.3, -0.25) is 0 Å². The van der Waals surface area contributed by atoms with Gasteiger partial charge >= 0.3 is 7.12 Å². The molecule has 0 unspecified atom stereocenters. The summed E-state index contributed by atoms with van der Waals surface area (Å²) in [5.41, 5.74) is 13.0. The lowest BCUT2D eigenvalue weighted by molar-refractivity contribution is 0.00578. The Hall–Kier alpha value is -0.0751. The monoisotopic (exact) mass is 404 g/mol. The van der Waals surface area contributed by atoms with E-state index in [1.54, 1.807) is 0 Å². The highest BCUT2D eigenvalue weighted by molar-refractivity contribution is 9.11. The quantitative estimate of drug-likeness (QED) is 0.584. The number of hydrogen-bond donors (Lipinski definition) is 2. The van der Waals surface area contributed by atoms with Gasteiger partial charge in [0.15, 0.2) is 0 Å². The molecule has 1 aliphatic heterocycles. The first kappa shape index (κ1) is 16.3. The minimum absolute atomic E-state index is 0.409. The van der Waals surface area contributed by atoms with Crippen LogP contribution in [0.3, 0.4) is 0 Å². The van der Waals surface area contributed by atoms with Gasteiger partial charge in [-0.05, 0) is 61.3 Å². The molecule has 1 fully saturated rings. The van der Waals surface area contributed by atoms with E-state index >= 15 is 0 Å². The second-order valence-electron chi connectivity index (χ2n) is 6.04. The largest absolute Gasteiger partial charge is 0.480 e. The molecular weight excluding hydrogens is 387 g/mol. The van der Waals surface area contributed by atoms with Crippen LogP contribution >= 0.6 is 31.9 Å². The number of hydrogen-bond acceptors (Lipinski definition) is 4. The summed E-state index contributed by atoms with van der Waals surface area (Å²) < 4.78 is 13.7. The zero-order valence-electron chi connectivity index (χ0n) is 12.0. The van der Waals surface area contributed by atoms with E-state index in [9.17, 15) is 0 Å². The molecule has 0 radical (unpaired) electrons. The first-order valence-electron chi connectivity index (χ1n) is 6.41. The van der Waals surface area contributed by atoms with Gasteiger partial charge < -0.3 is 20.8 Å². The standard InChI is InChI=1S/C13H19BBr2N2O2/c1-12(2)13(3,4)20-14(19-12)11(18)8-5-7(15)6-9(16)10(8)17/h5-6,11H,17-18H2,1-4H3/t11-/m0/s1. The molecule has 1 aromatic carbocycles. The van der Waals surface area contributed by atoms with Crippen molar-refractivity contribution in [2.45, 2.75) is 44.8 Å². The van der Waals surface area contributed by atoms with Gasteiger partial charge in [0, 0.05) is 8.95 Å². The lowest BCUT2D eigenvalue weighted by Gasteiger charge is -2.32. The maximum Gasteiger partial charge on any atom is 0.480 e. The van der Waals surface area contributed by atoms with Crippen LogP contribution in [0.1, 0.15) is 39.2 Å². The molecule has 110 valence electrons. The van der Waals surface area contributed by atoms with Crippen LogP contribution in [0.5, 0.6) is 0 Å². The van der Waals surface area contributed by atoms with E-state index < -0.39 is 24.3 Å². The molecule has 1 heterocycles. The Labute approximate surface area is 137 Å². The topological polar surface area (TPSA) is 70.5 Å². The normalized spacial score (nSPS) is 22.1. The first-order valence-corrected chi connectivity index (χ1v) is 7.99. The van der Waals surface area contributed by atoms with E-state index in [0.717, 1.165) is 14.5 Å². The number of rotatable bonds is 2. The zero-order chi connectivity index (χ0) is 15.3. The number of halogens is 2. The van der Waals surface area contributed by atoms with Gasteiger partial charge in [-0.15, -0.1) is 0 Å². The number of anilines is 1. The van der Waals surface area contributed by atoms with Crippen molar-refractivity contribution < 1.29 is 9.31 Å². The smallest absolute Gasteiger partial charge is 0.402 e. The third-order valence-electron chi connectivity index (χ3n) is 4.05. The second-order valence-corrected chi connectivity index (χ2v) is 7.81. The van der Waals surface area contributed by atoms with Crippen LogP contribution < -0.4 is 11.5 Å². The average molecular weight is 406 g/mol. The lowest BCUT2D eigenvalue weighted by atomic mass is 9.74. The van der Waals surface area contributed by atoms with Crippen molar-refractivity contribution in [3.63, 3.8) is 0 Å². The average Bonchev–Trinajstić information content (AvgIpc) is 2.52. The van der Waals surface area contributed by atoms with Crippen molar-refractivity contribution in [3.05, 3.63) is 26.6 Å². The minimum atomic E-state index is -0.525. The molecule has 0 spiro atoms. The van der Waals surface area contributed by atoms with Crippen LogP contribution in [0.25, 0.3) is 0 Å². The summed E-state index contributed by atoms with van der Waals surface area (Å²) in [7, 11) is -0.525. The number of nitrogen functional groups attached to an aromatic ring is 1. The van der Waals surface area contributed by atoms with Crippen molar-refractivity contribution in [1.82, 2.24) is 0 Å². The molecule has 0 bridgehead atoms. The molecule has 20 heavy (non-hydrogen) atoms. The van der Waals surface area contributed by atoms with Crippen LogP contribution in [0.15, 0.2) is 21.1 Å². The second kappa shape index (κ2) is 5.28. The highest BCUT2D eigenvalue weighted by Gasteiger charge is 2.53. The number of nitrogens with two attached hydrogens (primary N) is 2. The van der Waals surface area contributed by atoms with Crippen molar-refractivity contribution in [2.75, 3.05) is 5.73 Å². The molecule has 1 atom stereocenters. The van der Waals surface area contributed by atoms with Crippen LogP contribution in [0.4, 0.5) is 5.69 Å². The van der Waals surface area contributed by atoms with Gasteiger partial charge in [-0.2, -0.15) is 0 Å². The Balaban J connectivity index is 2.32. The molecule has 2 rings (SSSR count). The molecule has 1 aliphatic rings. The van der Waals surface area contributed by atoms with Gasteiger partial charge in [0.25, 0.3) is 0 Å². The van der Waals surface area contributed by atoms with Gasteiger partial charge in [0.05, 0.1) is 22.8 Å². The highest BCUT2D eigenvalue weighted by Crippen LogP contribution is 2.41. The van der Waals surface area contributed by atoms with Crippen LogP contribution in [0, 0.1) is 0 Å². The van der Waals surface area contributed by atoms with E-state index in [1.165, 1.54) is 0 Å². The van der Waals surface area contributed by atoms with Gasteiger partial charge in [-0.25, -0.2) is 0 Å². The fourth-order valence-electron chi connectivity index (χ4n) is 2.06. The summed E-state index contributed by atoms with van der Waals surface area (Å²) >= 11 is 6.87. The predicted octanol–water partition coefficient (Wildman–Crippen LogP) is 3.43. The lowest BCUT2D eigenvalue weighted by Crippen LogP contribution is -2.41. The maximum atomic E-state index is 6.31.